The van der Waals surface area contributed by atoms with Gasteiger partial charge in [-0.2, -0.15) is 5.26 Å². The lowest BCUT2D eigenvalue weighted by Crippen LogP contribution is -2.21. The summed E-state index contributed by atoms with van der Waals surface area (Å²) in [5.41, 5.74) is 1.41. The Kier molecular flexibility index (Phi) is 5.22. The van der Waals surface area contributed by atoms with Crippen molar-refractivity contribution in [1.82, 2.24) is 0 Å². The minimum absolute atomic E-state index is 0.0434. The van der Waals surface area contributed by atoms with Gasteiger partial charge in [-0.15, -0.1) is 0 Å². The molecule has 1 amide bonds. The van der Waals surface area contributed by atoms with Crippen molar-refractivity contribution in [3.63, 3.8) is 0 Å². The lowest BCUT2D eigenvalue weighted by molar-refractivity contribution is -0.119. The smallest absolute Gasteiger partial charge is 0.374 e. The van der Waals surface area contributed by atoms with E-state index in [1.54, 1.807) is 24.3 Å². The highest BCUT2D eigenvalue weighted by Gasteiger charge is 2.13. The van der Waals surface area contributed by atoms with Gasteiger partial charge in [0.05, 0.1) is 6.26 Å². The molecule has 0 spiro atoms. The molecule has 1 aromatic carbocycles. The minimum Gasteiger partial charge on any atom is -0.457 e. The molecule has 0 saturated carbocycles. The molecule has 2 aromatic rings. The van der Waals surface area contributed by atoms with Crippen LogP contribution in [0.1, 0.15) is 16.1 Å². The lowest BCUT2D eigenvalue weighted by Gasteiger charge is -2.09. The Balaban J connectivity index is 1.89. The number of hydrogen-bond acceptors (Lipinski definition) is 6. The summed E-state index contributed by atoms with van der Waals surface area (Å²) in [5, 5.41) is 13.2. The van der Waals surface area contributed by atoms with Crippen molar-refractivity contribution in [3.8, 4) is 5.40 Å². The van der Waals surface area contributed by atoms with Gasteiger partial charge in [0.25, 0.3) is 5.91 Å². The van der Waals surface area contributed by atoms with Gasteiger partial charge in [0, 0.05) is 10.6 Å². The topological polar surface area (TPSA) is 92.3 Å². The molecule has 2 rings (SSSR count). The van der Waals surface area contributed by atoms with Gasteiger partial charge < -0.3 is 14.5 Å². The zero-order valence-corrected chi connectivity index (χ0v) is 12.5. The predicted octanol–water partition coefficient (Wildman–Crippen LogP) is 2.96. The van der Waals surface area contributed by atoms with Gasteiger partial charge in [-0.25, -0.2) is 4.79 Å². The van der Waals surface area contributed by atoms with Crippen LogP contribution in [0, 0.1) is 17.6 Å². The zero-order chi connectivity index (χ0) is 15.9. The van der Waals surface area contributed by atoms with Crippen LogP contribution < -0.4 is 5.32 Å². The number of hydrogen-bond donors (Lipinski definition) is 1. The maximum absolute atomic E-state index is 11.8. The van der Waals surface area contributed by atoms with Crippen molar-refractivity contribution in [3.05, 3.63) is 47.9 Å². The molecular formula is C15H12N2O4S. The molecule has 0 bridgehead atoms. The lowest BCUT2D eigenvalue weighted by atomic mass is 10.2. The second kappa shape index (κ2) is 7.33. The number of furan rings is 1. The number of nitrogens with one attached hydrogen (secondary N) is 1. The van der Waals surface area contributed by atoms with Crippen LogP contribution in [0.25, 0.3) is 0 Å². The standard InChI is InChI=1S/C15H12N2O4S/c1-10-7-11(22-9-16)4-5-12(10)17-14(18)8-21-15(19)13-3-2-6-20-13/h2-7H,8H2,1H3,(H,17,18). The number of carbonyl (C=O) groups excluding carboxylic acids is 2. The van der Waals surface area contributed by atoms with E-state index in [2.05, 4.69) is 5.32 Å². The summed E-state index contributed by atoms with van der Waals surface area (Å²) in [7, 11) is 0. The first kappa shape index (κ1) is 15.7. The molecule has 112 valence electrons. The maximum atomic E-state index is 11.8. The average Bonchev–Trinajstić information content (AvgIpc) is 3.02. The molecule has 0 aliphatic rings. The highest BCUT2D eigenvalue weighted by Crippen LogP contribution is 2.23. The number of benzene rings is 1. The van der Waals surface area contributed by atoms with Crippen molar-refractivity contribution < 1.29 is 18.7 Å². The van der Waals surface area contributed by atoms with Crippen LogP contribution in [0.15, 0.2) is 45.9 Å². The van der Waals surface area contributed by atoms with Gasteiger partial charge >= 0.3 is 5.97 Å². The summed E-state index contributed by atoms with van der Waals surface area (Å²) in [6, 6.07) is 8.22. The largest absolute Gasteiger partial charge is 0.457 e. The number of amides is 1. The highest BCUT2D eigenvalue weighted by atomic mass is 32.2. The molecule has 0 atom stereocenters. The Morgan fingerprint density at radius 2 is 2.23 bits per heavy atom. The van der Waals surface area contributed by atoms with Crippen molar-refractivity contribution in [2.24, 2.45) is 0 Å². The Bertz CT molecular complexity index is 720. The number of rotatable bonds is 5. The predicted molar refractivity (Wildman–Crippen MR) is 80.3 cm³/mol. The zero-order valence-electron chi connectivity index (χ0n) is 11.7. The molecule has 0 radical (unpaired) electrons. The molecule has 1 N–H and O–H groups in total. The van der Waals surface area contributed by atoms with Crippen LogP contribution in [0.2, 0.25) is 0 Å². The number of thioether (sulfide) groups is 1. The first-order valence-electron chi connectivity index (χ1n) is 6.27. The minimum atomic E-state index is -0.697. The quantitative estimate of drug-likeness (QED) is 0.518. The fourth-order valence-corrected chi connectivity index (χ4v) is 2.15. The Hall–Kier alpha value is -2.72. The molecule has 0 aliphatic heterocycles. The first-order valence-corrected chi connectivity index (χ1v) is 7.09. The van der Waals surface area contributed by atoms with Crippen LogP contribution in [-0.2, 0) is 9.53 Å². The van der Waals surface area contributed by atoms with Gasteiger partial charge in [-0.1, -0.05) is 0 Å². The molecule has 22 heavy (non-hydrogen) atoms. The number of anilines is 1. The van der Waals surface area contributed by atoms with E-state index in [1.807, 2.05) is 12.3 Å². The van der Waals surface area contributed by atoms with Crippen LogP contribution >= 0.6 is 11.8 Å². The normalized spacial score (nSPS) is 9.82. The Morgan fingerprint density at radius 1 is 1.41 bits per heavy atom. The van der Waals surface area contributed by atoms with Crippen molar-refractivity contribution >= 4 is 29.3 Å². The molecule has 1 aromatic heterocycles. The summed E-state index contributed by atoms with van der Waals surface area (Å²) in [5.74, 6) is -1.11. The van der Waals surface area contributed by atoms with Gasteiger partial charge in [0.2, 0.25) is 5.76 Å². The third kappa shape index (κ3) is 4.14. The molecule has 0 unspecified atom stereocenters. The van der Waals surface area contributed by atoms with Gasteiger partial charge in [0.1, 0.15) is 5.40 Å². The molecule has 0 aliphatic carbocycles. The summed E-state index contributed by atoms with van der Waals surface area (Å²) >= 11 is 1.04. The van der Waals surface area contributed by atoms with Crippen LogP contribution in [0.5, 0.6) is 0 Å². The second-order valence-electron chi connectivity index (χ2n) is 4.27. The molecule has 6 nitrogen and oxygen atoms in total. The van der Waals surface area contributed by atoms with E-state index in [9.17, 15) is 9.59 Å². The van der Waals surface area contributed by atoms with Crippen molar-refractivity contribution in [1.29, 1.82) is 5.26 Å². The number of thiocyanates is 1. The Labute approximate surface area is 131 Å². The van der Waals surface area contributed by atoms with E-state index in [1.165, 1.54) is 12.3 Å². The number of ether oxygens (including phenoxy) is 1. The maximum Gasteiger partial charge on any atom is 0.374 e. The summed E-state index contributed by atoms with van der Waals surface area (Å²) in [6.45, 7) is 1.40. The van der Waals surface area contributed by atoms with Crippen LogP contribution in [0.4, 0.5) is 5.69 Å². The number of nitrogens with zero attached hydrogens (tertiary/aromatic N) is 1. The number of nitriles is 1. The van der Waals surface area contributed by atoms with E-state index in [-0.39, 0.29) is 5.76 Å². The highest BCUT2D eigenvalue weighted by molar-refractivity contribution is 8.03. The SMILES string of the molecule is Cc1cc(SC#N)ccc1NC(=O)COC(=O)c1ccco1. The second-order valence-corrected chi connectivity index (χ2v) is 5.13. The fourth-order valence-electron chi connectivity index (χ4n) is 1.68. The molecule has 7 heteroatoms. The number of aryl methyl sites for hydroxylation is 1. The van der Waals surface area contributed by atoms with Crippen molar-refractivity contribution in [2.45, 2.75) is 11.8 Å². The van der Waals surface area contributed by atoms with E-state index in [0.717, 1.165) is 22.2 Å². The Morgan fingerprint density at radius 3 is 2.86 bits per heavy atom. The summed E-state index contributed by atoms with van der Waals surface area (Å²) in [4.78, 5) is 24.1. The molecule has 0 fully saturated rings. The van der Waals surface area contributed by atoms with Gasteiger partial charge in [0.15, 0.2) is 6.61 Å². The molecule has 1 heterocycles. The third-order valence-electron chi connectivity index (χ3n) is 2.69. The fraction of sp³-hybridized carbons (Fsp3) is 0.133. The molecule has 0 saturated heterocycles. The summed E-state index contributed by atoms with van der Waals surface area (Å²) < 4.78 is 9.70. The number of carbonyl (C=O) groups is 2. The summed E-state index contributed by atoms with van der Waals surface area (Å²) in [6.07, 6.45) is 1.35. The van der Waals surface area contributed by atoms with E-state index in [4.69, 9.17) is 14.4 Å². The average molecular weight is 316 g/mol. The van der Waals surface area contributed by atoms with E-state index in [0.29, 0.717) is 5.69 Å². The van der Waals surface area contributed by atoms with Crippen LogP contribution in [0.3, 0.4) is 0 Å². The van der Waals surface area contributed by atoms with Gasteiger partial charge in [-0.3, -0.25) is 4.79 Å². The monoisotopic (exact) mass is 316 g/mol. The van der Waals surface area contributed by atoms with Crippen molar-refractivity contribution in [2.75, 3.05) is 11.9 Å². The third-order valence-corrected chi connectivity index (χ3v) is 3.27. The van der Waals surface area contributed by atoms with E-state index < -0.39 is 18.5 Å². The number of esters is 1. The first-order chi connectivity index (χ1) is 10.6. The van der Waals surface area contributed by atoms with Gasteiger partial charge in [-0.05, 0) is 54.6 Å². The van der Waals surface area contributed by atoms with Crippen LogP contribution in [-0.4, -0.2) is 18.5 Å². The van der Waals surface area contributed by atoms with E-state index >= 15 is 0 Å². The molecular weight excluding hydrogens is 304 g/mol.